The molecule has 1 saturated heterocycles. The largest absolute Gasteiger partial charge is 0.497 e. The SMILES string of the molecule is COc1ccc2ccnc(NC3CCSC3)c2c1. The van der Waals surface area contributed by atoms with Gasteiger partial charge in [0.05, 0.1) is 7.11 Å². The van der Waals surface area contributed by atoms with Gasteiger partial charge in [-0.25, -0.2) is 4.98 Å². The third-order valence-electron chi connectivity index (χ3n) is 3.24. The highest BCUT2D eigenvalue weighted by atomic mass is 32.2. The first-order valence-corrected chi connectivity index (χ1v) is 7.29. The maximum Gasteiger partial charge on any atom is 0.134 e. The Morgan fingerprint density at radius 3 is 3.11 bits per heavy atom. The molecule has 0 saturated carbocycles. The number of benzene rings is 1. The van der Waals surface area contributed by atoms with Crippen molar-refractivity contribution in [2.75, 3.05) is 23.9 Å². The number of ether oxygens (including phenoxy) is 1. The molecular weight excluding hydrogens is 244 g/mol. The molecule has 2 aromatic rings. The van der Waals surface area contributed by atoms with Gasteiger partial charge in [0.15, 0.2) is 0 Å². The van der Waals surface area contributed by atoms with Gasteiger partial charge in [0.25, 0.3) is 0 Å². The number of anilines is 1. The van der Waals surface area contributed by atoms with Gasteiger partial charge < -0.3 is 10.1 Å². The molecule has 1 fully saturated rings. The molecule has 3 nitrogen and oxygen atoms in total. The van der Waals surface area contributed by atoms with E-state index in [1.54, 1.807) is 7.11 Å². The quantitative estimate of drug-likeness (QED) is 0.919. The second-order valence-electron chi connectivity index (χ2n) is 4.45. The lowest BCUT2D eigenvalue weighted by atomic mass is 10.1. The van der Waals surface area contributed by atoms with Crippen LogP contribution >= 0.6 is 11.8 Å². The number of fused-ring (bicyclic) bond motifs is 1. The summed E-state index contributed by atoms with van der Waals surface area (Å²) in [6, 6.07) is 8.68. The highest BCUT2D eigenvalue weighted by Gasteiger charge is 2.16. The molecule has 1 aromatic carbocycles. The van der Waals surface area contributed by atoms with Crippen LogP contribution in [0.2, 0.25) is 0 Å². The number of rotatable bonds is 3. The topological polar surface area (TPSA) is 34.1 Å². The standard InChI is InChI=1S/C14H16N2OS/c1-17-12-3-2-10-4-6-15-14(13(10)8-12)16-11-5-7-18-9-11/h2-4,6,8,11H,5,7,9H2,1H3,(H,15,16). The summed E-state index contributed by atoms with van der Waals surface area (Å²) in [6.07, 6.45) is 3.08. The predicted octanol–water partition coefficient (Wildman–Crippen LogP) is 3.16. The number of thioether (sulfide) groups is 1. The Morgan fingerprint density at radius 2 is 2.33 bits per heavy atom. The maximum absolute atomic E-state index is 5.29. The highest BCUT2D eigenvalue weighted by molar-refractivity contribution is 7.99. The summed E-state index contributed by atoms with van der Waals surface area (Å²) in [7, 11) is 1.69. The highest BCUT2D eigenvalue weighted by Crippen LogP contribution is 2.28. The van der Waals surface area contributed by atoms with Crippen molar-refractivity contribution in [2.45, 2.75) is 12.5 Å². The smallest absolute Gasteiger partial charge is 0.134 e. The second kappa shape index (κ2) is 5.06. The Hall–Kier alpha value is -1.42. The van der Waals surface area contributed by atoms with Crippen LogP contribution in [-0.4, -0.2) is 29.6 Å². The number of nitrogens with one attached hydrogen (secondary N) is 1. The van der Waals surface area contributed by atoms with Crippen LogP contribution in [0.15, 0.2) is 30.5 Å². The van der Waals surface area contributed by atoms with Crippen LogP contribution in [0.5, 0.6) is 5.75 Å². The van der Waals surface area contributed by atoms with Crippen molar-refractivity contribution < 1.29 is 4.74 Å². The van der Waals surface area contributed by atoms with Gasteiger partial charge in [-0.15, -0.1) is 0 Å². The van der Waals surface area contributed by atoms with Crippen LogP contribution in [0.3, 0.4) is 0 Å². The fourth-order valence-electron chi connectivity index (χ4n) is 2.23. The Morgan fingerprint density at radius 1 is 1.39 bits per heavy atom. The molecule has 1 aromatic heterocycles. The van der Waals surface area contributed by atoms with Crippen molar-refractivity contribution in [2.24, 2.45) is 0 Å². The summed E-state index contributed by atoms with van der Waals surface area (Å²) in [5.41, 5.74) is 0. The van der Waals surface area contributed by atoms with Crippen molar-refractivity contribution in [1.29, 1.82) is 0 Å². The zero-order chi connectivity index (χ0) is 12.4. The molecule has 94 valence electrons. The molecule has 2 heterocycles. The molecule has 18 heavy (non-hydrogen) atoms. The molecule has 0 spiro atoms. The molecule has 0 bridgehead atoms. The maximum atomic E-state index is 5.29. The van der Waals surface area contributed by atoms with Crippen molar-refractivity contribution in [3.8, 4) is 5.75 Å². The molecule has 1 aliphatic rings. The Balaban J connectivity index is 1.98. The minimum absolute atomic E-state index is 0.541. The third-order valence-corrected chi connectivity index (χ3v) is 4.41. The zero-order valence-electron chi connectivity index (χ0n) is 10.3. The van der Waals surface area contributed by atoms with E-state index in [1.165, 1.54) is 23.3 Å². The van der Waals surface area contributed by atoms with Crippen molar-refractivity contribution in [1.82, 2.24) is 4.98 Å². The molecular formula is C14H16N2OS. The number of methoxy groups -OCH3 is 1. The van der Waals surface area contributed by atoms with E-state index in [0.29, 0.717) is 6.04 Å². The Kier molecular flexibility index (Phi) is 3.28. The fourth-order valence-corrected chi connectivity index (χ4v) is 3.38. The van der Waals surface area contributed by atoms with Gasteiger partial charge in [-0.05, 0) is 35.8 Å². The van der Waals surface area contributed by atoms with Crippen molar-refractivity contribution in [3.63, 3.8) is 0 Å². The second-order valence-corrected chi connectivity index (χ2v) is 5.60. The summed E-state index contributed by atoms with van der Waals surface area (Å²) < 4.78 is 5.29. The molecule has 1 atom stereocenters. The summed E-state index contributed by atoms with van der Waals surface area (Å²) in [5, 5.41) is 5.87. The molecule has 3 rings (SSSR count). The zero-order valence-corrected chi connectivity index (χ0v) is 11.2. The van der Waals surface area contributed by atoms with Gasteiger partial charge in [0.2, 0.25) is 0 Å². The molecule has 4 heteroatoms. The predicted molar refractivity (Wildman–Crippen MR) is 77.6 cm³/mol. The van der Waals surface area contributed by atoms with Crippen LogP contribution in [-0.2, 0) is 0 Å². The van der Waals surface area contributed by atoms with E-state index in [2.05, 4.69) is 16.4 Å². The number of hydrogen-bond acceptors (Lipinski definition) is 4. The lowest BCUT2D eigenvalue weighted by molar-refractivity contribution is 0.415. The fraction of sp³-hybridized carbons (Fsp3) is 0.357. The van der Waals surface area contributed by atoms with Crippen molar-refractivity contribution in [3.05, 3.63) is 30.5 Å². The summed E-state index contributed by atoms with van der Waals surface area (Å²) in [5.74, 6) is 4.26. The Bertz CT molecular complexity index is 552. The van der Waals surface area contributed by atoms with E-state index in [-0.39, 0.29) is 0 Å². The average Bonchev–Trinajstić information content (AvgIpc) is 2.91. The van der Waals surface area contributed by atoms with Crippen LogP contribution in [0, 0.1) is 0 Å². The first-order valence-electron chi connectivity index (χ1n) is 6.14. The third kappa shape index (κ3) is 2.25. The van der Waals surface area contributed by atoms with Crippen LogP contribution in [0.25, 0.3) is 10.8 Å². The molecule has 1 aliphatic heterocycles. The molecule has 0 amide bonds. The normalized spacial score (nSPS) is 19.1. The first kappa shape index (κ1) is 11.7. The summed E-state index contributed by atoms with van der Waals surface area (Å²) in [6.45, 7) is 0. The molecule has 0 radical (unpaired) electrons. The summed E-state index contributed by atoms with van der Waals surface area (Å²) in [4.78, 5) is 4.47. The van der Waals surface area contributed by atoms with Crippen LogP contribution in [0.1, 0.15) is 6.42 Å². The van der Waals surface area contributed by atoms with E-state index in [0.717, 1.165) is 17.0 Å². The van der Waals surface area contributed by atoms with Gasteiger partial charge in [0.1, 0.15) is 11.6 Å². The van der Waals surface area contributed by atoms with Crippen LogP contribution in [0.4, 0.5) is 5.82 Å². The van der Waals surface area contributed by atoms with E-state index in [9.17, 15) is 0 Å². The van der Waals surface area contributed by atoms with E-state index in [4.69, 9.17) is 4.74 Å². The molecule has 1 N–H and O–H groups in total. The average molecular weight is 260 g/mol. The van der Waals surface area contributed by atoms with E-state index >= 15 is 0 Å². The summed E-state index contributed by atoms with van der Waals surface area (Å²) >= 11 is 2.00. The number of pyridine rings is 1. The lowest BCUT2D eigenvalue weighted by Crippen LogP contribution is -2.19. The number of aromatic nitrogens is 1. The van der Waals surface area contributed by atoms with E-state index < -0.39 is 0 Å². The van der Waals surface area contributed by atoms with E-state index in [1.807, 2.05) is 36.2 Å². The minimum Gasteiger partial charge on any atom is -0.497 e. The van der Waals surface area contributed by atoms with Crippen molar-refractivity contribution >= 4 is 28.4 Å². The van der Waals surface area contributed by atoms with Gasteiger partial charge in [-0.2, -0.15) is 11.8 Å². The van der Waals surface area contributed by atoms with Gasteiger partial charge >= 0.3 is 0 Å². The van der Waals surface area contributed by atoms with Crippen LogP contribution < -0.4 is 10.1 Å². The molecule has 0 aliphatic carbocycles. The lowest BCUT2D eigenvalue weighted by Gasteiger charge is -2.14. The van der Waals surface area contributed by atoms with Gasteiger partial charge in [0, 0.05) is 23.4 Å². The number of hydrogen-bond donors (Lipinski definition) is 1. The minimum atomic E-state index is 0.541. The van der Waals surface area contributed by atoms with Gasteiger partial charge in [-0.3, -0.25) is 0 Å². The number of nitrogens with zero attached hydrogens (tertiary/aromatic N) is 1. The monoisotopic (exact) mass is 260 g/mol. The first-order chi connectivity index (χ1) is 8.86. The van der Waals surface area contributed by atoms with Gasteiger partial charge in [-0.1, -0.05) is 6.07 Å². The Labute approximate surface area is 111 Å². The molecule has 1 unspecified atom stereocenters.